The van der Waals surface area contributed by atoms with Crippen molar-refractivity contribution in [2.75, 3.05) is 12.4 Å². The van der Waals surface area contributed by atoms with E-state index in [1.165, 1.54) is 37.6 Å². The quantitative estimate of drug-likeness (QED) is 0.885. The molecule has 0 unspecified atom stereocenters. The van der Waals surface area contributed by atoms with E-state index < -0.39 is 17.7 Å². The van der Waals surface area contributed by atoms with E-state index in [1.54, 1.807) is 0 Å². The molecule has 0 atom stereocenters. The van der Waals surface area contributed by atoms with Crippen LogP contribution in [0.3, 0.4) is 0 Å². The van der Waals surface area contributed by atoms with E-state index in [4.69, 9.17) is 11.6 Å². The van der Waals surface area contributed by atoms with Gasteiger partial charge in [-0.25, -0.2) is 9.18 Å². The average molecular weight is 309 g/mol. The van der Waals surface area contributed by atoms with Crippen LogP contribution in [0.1, 0.15) is 20.8 Å². The topological polar surface area (TPSA) is 68.3 Å². The highest BCUT2D eigenvalue weighted by Crippen LogP contribution is 2.19. The number of aromatic nitrogens is 1. The molecule has 1 aromatic carbocycles. The Bertz CT molecular complexity index is 689. The smallest absolute Gasteiger partial charge is 0.339 e. The number of amides is 1. The van der Waals surface area contributed by atoms with Gasteiger partial charge in [-0.05, 0) is 30.3 Å². The van der Waals surface area contributed by atoms with Crippen LogP contribution in [0.2, 0.25) is 5.02 Å². The first-order chi connectivity index (χ1) is 10.0. The number of carbonyl (C=O) groups excluding carboxylic acids is 2. The molecule has 2 aromatic rings. The zero-order chi connectivity index (χ0) is 15.4. The molecule has 7 heteroatoms. The second kappa shape index (κ2) is 6.32. The standard InChI is InChI=1S/C14H10ClFN2O3/c1-21-14(20)8-2-5-12(17-7-8)13(19)18-9-3-4-11(16)10(15)6-9/h2-7H,1H3,(H,18,19). The van der Waals surface area contributed by atoms with Gasteiger partial charge in [0, 0.05) is 11.9 Å². The van der Waals surface area contributed by atoms with Crippen LogP contribution in [0.4, 0.5) is 10.1 Å². The van der Waals surface area contributed by atoms with Gasteiger partial charge in [-0.15, -0.1) is 0 Å². The Labute approximate surface area is 124 Å². The van der Waals surface area contributed by atoms with E-state index >= 15 is 0 Å². The molecule has 0 saturated carbocycles. The minimum Gasteiger partial charge on any atom is -0.465 e. The molecular formula is C14H10ClFN2O3. The van der Waals surface area contributed by atoms with Gasteiger partial charge in [0.15, 0.2) is 0 Å². The summed E-state index contributed by atoms with van der Waals surface area (Å²) in [5, 5.41) is 2.42. The maximum Gasteiger partial charge on any atom is 0.339 e. The monoisotopic (exact) mass is 308 g/mol. The first kappa shape index (κ1) is 14.9. The Hall–Kier alpha value is -2.47. The van der Waals surface area contributed by atoms with Crippen molar-refractivity contribution in [3.63, 3.8) is 0 Å². The highest BCUT2D eigenvalue weighted by atomic mass is 35.5. The summed E-state index contributed by atoms with van der Waals surface area (Å²) in [5.41, 5.74) is 0.673. The SMILES string of the molecule is COC(=O)c1ccc(C(=O)Nc2ccc(F)c(Cl)c2)nc1. The predicted molar refractivity (Wildman–Crippen MR) is 74.9 cm³/mol. The second-order valence-corrected chi connectivity index (χ2v) is 4.41. The van der Waals surface area contributed by atoms with Crippen molar-refractivity contribution in [1.82, 2.24) is 4.98 Å². The van der Waals surface area contributed by atoms with Gasteiger partial charge in [-0.3, -0.25) is 9.78 Å². The third-order valence-electron chi connectivity index (χ3n) is 2.59. The molecule has 21 heavy (non-hydrogen) atoms. The lowest BCUT2D eigenvalue weighted by atomic mass is 10.2. The molecule has 0 saturated heterocycles. The molecule has 0 aliphatic heterocycles. The summed E-state index contributed by atoms with van der Waals surface area (Å²) >= 11 is 5.62. The third-order valence-corrected chi connectivity index (χ3v) is 2.88. The molecule has 1 amide bonds. The Morgan fingerprint density at radius 2 is 2.05 bits per heavy atom. The number of halogens is 2. The number of rotatable bonds is 3. The van der Waals surface area contributed by atoms with Crippen LogP contribution in [0.5, 0.6) is 0 Å². The Balaban J connectivity index is 2.13. The van der Waals surface area contributed by atoms with E-state index in [-0.39, 0.29) is 16.3 Å². The molecule has 0 aliphatic rings. The molecule has 0 radical (unpaired) electrons. The molecule has 0 fully saturated rings. The summed E-state index contributed by atoms with van der Waals surface area (Å²) in [5.74, 6) is -1.62. The Morgan fingerprint density at radius 3 is 2.62 bits per heavy atom. The minimum atomic E-state index is -0.574. The Morgan fingerprint density at radius 1 is 1.29 bits per heavy atom. The number of methoxy groups -OCH3 is 1. The zero-order valence-corrected chi connectivity index (χ0v) is 11.6. The highest BCUT2D eigenvalue weighted by Gasteiger charge is 2.11. The number of nitrogens with one attached hydrogen (secondary N) is 1. The molecule has 1 heterocycles. The van der Waals surface area contributed by atoms with Crippen LogP contribution >= 0.6 is 11.6 Å². The largest absolute Gasteiger partial charge is 0.465 e. The number of anilines is 1. The van der Waals surface area contributed by atoms with Crippen molar-refractivity contribution in [2.24, 2.45) is 0 Å². The first-order valence-electron chi connectivity index (χ1n) is 5.82. The van der Waals surface area contributed by atoms with Crippen molar-refractivity contribution in [3.8, 4) is 0 Å². The van der Waals surface area contributed by atoms with Gasteiger partial charge in [0.25, 0.3) is 5.91 Å². The summed E-state index contributed by atoms with van der Waals surface area (Å²) < 4.78 is 17.5. The maximum atomic E-state index is 13.0. The van der Waals surface area contributed by atoms with Crippen LogP contribution in [0, 0.1) is 5.82 Å². The summed E-state index contributed by atoms with van der Waals surface area (Å²) in [6, 6.07) is 6.61. The van der Waals surface area contributed by atoms with E-state index in [0.29, 0.717) is 5.69 Å². The van der Waals surface area contributed by atoms with Crippen LogP contribution in [-0.2, 0) is 4.74 Å². The minimum absolute atomic E-state index is 0.0956. The molecule has 5 nitrogen and oxygen atoms in total. The molecule has 0 aliphatic carbocycles. The van der Waals surface area contributed by atoms with Crippen LogP contribution in [0.25, 0.3) is 0 Å². The number of nitrogens with zero attached hydrogens (tertiary/aromatic N) is 1. The van der Waals surface area contributed by atoms with Crippen LogP contribution in [0.15, 0.2) is 36.5 Å². The number of ether oxygens (including phenoxy) is 1. The lowest BCUT2D eigenvalue weighted by Gasteiger charge is -2.06. The normalized spacial score (nSPS) is 10.0. The maximum absolute atomic E-state index is 13.0. The molecule has 1 aromatic heterocycles. The molecular weight excluding hydrogens is 299 g/mol. The predicted octanol–water partition coefficient (Wildman–Crippen LogP) is 2.91. The van der Waals surface area contributed by atoms with Gasteiger partial charge in [0.1, 0.15) is 11.5 Å². The third kappa shape index (κ3) is 3.55. The van der Waals surface area contributed by atoms with Gasteiger partial charge < -0.3 is 10.1 Å². The van der Waals surface area contributed by atoms with Crippen molar-refractivity contribution in [3.05, 3.63) is 58.6 Å². The molecule has 0 spiro atoms. The van der Waals surface area contributed by atoms with Crippen molar-refractivity contribution < 1.29 is 18.7 Å². The average Bonchev–Trinajstić information content (AvgIpc) is 2.50. The number of esters is 1. The Kier molecular flexibility index (Phi) is 4.49. The lowest BCUT2D eigenvalue weighted by molar-refractivity contribution is 0.0600. The van der Waals surface area contributed by atoms with Gasteiger partial charge in [-0.1, -0.05) is 11.6 Å². The second-order valence-electron chi connectivity index (χ2n) is 4.01. The molecule has 108 valence electrons. The van der Waals surface area contributed by atoms with E-state index in [2.05, 4.69) is 15.0 Å². The number of hydrogen-bond donors (Lipinski definition) is 1. The van der Waals surface area contributed by atoms with Crippen LogP contribution in [-0.4, -0.2) is 24.0 Å². The number of pyridine rings is 1. The van der Waals surface area contributed by atoms with Gasteiger partial charge in [0.2, 0.25) is 0 Å². The van der Waals surface area contributed by atoms with Crippen molar-refractivity contribution >= 4 is 29.2 Å². The molecule has 0 bridgehead atoms. The lowest BCUT2D eigenvalue weighted by Crippen LogP contribution is -2.14. The fourth-order valence-electron chi connectivity index (χ4n) is 1.54. The number of benzene rings is 1. The zero-order valence-electron chi connectivity index (χ0n) is 10.9. The summed E-state index contributed by atoms with van der Waals surface area (Å²) in [7, 11) is 1.25. The van der Waals surface area contributed by atoms with Crippen LogP contribution < -0.4 is 5.32 Å². The summed E-state index contributed by atoms with van der Waals surface area (Å²) in [4.78, 5) is 27.0. The fraction of sp³-hybridized carbons (Fsp3) is 0.0714. The van der Waals surface area contributed by atoms with E-state index in [9.17, 15) is 14.0 Å². The van der Waals surface area contributed by atoms with Crippen molar-refractivity contribution in [2.45, 2.75) is 0 Å². The van der Waals surface area contributed by atoms with Gasteiger partial charge >= 0.3 is 5.97 Å². The summed E-state index contributed by atoms with van der Waals surface area (Å²) in [6.07, 6.45) is 1.23. The number of hydrogen-bond acceptors (Lipinski definition) is 4. The van der Waals surface area contributed by atoms with Crippen molar-refractivity contribution in [1.29, 1.82) is 0 Å². The molecule has 2 rings (SSSR count). The van der Waals surface area contributed by atoms with E-state index in [0.717, 1.165) is 6.07 Å². The van der Waals surface area contributed by atoms with E-state index in [1.807, 2.05) is 0 Å². The highest BCUT2D eigenvalue weighted by molar-refractivity contribution is 6.31. The summed E-state index contributed by atoms with van der Waals surface area (Å²) in [6.45, 7) is 0. The fourth-order valence-corrected chi connectivity index (χ4v) is 1.72. The molecule has 1 N–H and O–H groups in total. The first-order valence-corrected chi connectivity index (χ1v) is 6.20. The van der Waals surface area contributed by atoms with Gasteiger partial charge in [0.05, 0.1) is 17.7 Å². The number of carbonyl (C=O) groups is 2. The van der Waals surface area contributed by atoms with Gasteiger partial charge in [-0.2, -0.15) is 0 Å².